The van der Waals surface area contributed by atoms with Crippen molar-refractivity contribution in [2.75, 3.05) is 14.7 Å². The van der Waals surface area contributed by atoms with E-state index in [0.717, 1.165) is 95.1 Å². The van der Waals surface area contributed by atoms with Crippen molar-refractivity contribution < 1.29 is 8.83 Å². The second-order valence-corrected chi connectivity index (χ2v) is 20.3. The van der Waals surface area contributed by atoms with Crippen molar-refractivity contribution in [3.05, 3.63) is 307 Å². The van der Waals surface area contributed by atoms with Gasteiger partial charge in [-0.15, -0.1) is 0 Å². The van der Waals surface area contributed by atoms with Crippen LogP contribution in [0.5, 0.6) is 0 Å². The molecule has 2 aliphatic rings. The Hall–Kier alpha value is -10.4. The number of furan rings is 2. The Morgan fingerprint density at radius 2 is 0.667 bits per heavy atom. The monoisotopic (exact) mass is 997 g/mol. The van der Waals surface area contributed by atoms with Crippen LogP contribution in [0.2, 0.25) is 0 Å². The molecule has 78 heavy (non-hydrogen) atoms. The normalized spacial score (nSPS) is 12.7. The van der Waals surface area contributed by atoms with E-state index in [9.17, 15) is 0 Å². The summed E-state index contributed by atoms with van der Waals surface area (Å²) in [7, 11) is 0. The van der Waals surface area contributed by atoms with Gasteiger partial charge in [0.1, 0.15) is 16.7 Å². The van der Waals surface area contributed by atoms with Gasteiger partial charge in [-0.25, -0.2) is 0 Å². The van der Waals surface area contributed by atoms with Crippen molar-refractivity contribution in [2.24, 2.45) is 0 Å². The molecule has 2 aromatic heterocycles. The van der Waals surface area contributed by atoms with Crippen LogP contribution in [0.25, 0.3) is 66.1 Å². The summed E-state index contributed by atoms with van der Waals surface area (Å²) < 4.78 is 14.1. The molecule has 0 aliphatic heterocycles. The molecule has 0 bridgehead atoms. The minimum absolute atomic E-state index is 0.528. The smallest absolute Gasteiger partial charge is 0.159 e. The van der Waals surface area contributed by atoms with E-state index in [4.69, 9.17) is 8.83 Å². The van der Waals surface area contributed by atoms with Crippen LogP contribution in [0, 0.1) is 0 Å². The maximum Gasteiger partial charge on any atom is 0.159 e. The summed E-state index contributed by atoms with van der Waals surface area (Å²) >= 11 is 0. The van der Waals surface area contributed by atoms with Gasteiger partial charge in [-0.1, -0.05) is 170 Å². The second kappa shape index (κ2) is 17.4. The van der Waals surface area contributed by atoms with Gasteiger partial charge in [0.05, 0.1) is 22.5 Å². The second-order valence-electron chi connectivity index (χ2n) is 20.3. The van der Waals surface area contributed by atoms with Gasteiger partial charge in [0, 0.05) is 67.3 Å². The number of benzene rings is 12. The topological polar surface area (TPSA) is 36.0 Å². The zero-order valence-electron chi connectivity index (χ0n) is 42.3. The molecule has 0 radical (unpaired) electrons. The molecule has 16 rings (SSSR count). The fourth-order valence-corrected chi connectivity index (χ4v) is 13.0. The highest BCUT2D eigenvalue weighted by molar-refractivity contribution is 6.14. The van der Waals surface area contributed by atoms with Crippen molar-refractivity contribution in [1.29, 1.82) is 0 Å². The first-order chi connectivity index (χ1) is 38.7. The molecule has 0 atom stereocenters. The van der Waals surface area contributed by atoms with Gasteiger partial charge >= 0.3 is 0 Å². The first-order valence-electron chi connectivity index (χ1n) is 26.7. The van der Waals surface area contributed by atoms with Gasteiger partial charge in [0.15, 0.2) is 5.58 Å². The Bertz CT molecular complexity index is 4520. The molecule has 0 N–H and O–H groups in total. The van der Waals surface area contributed by atoms with Crippen LogP contribution < -0.4 is 14.7 Å². The lowest BCUT2D eigenvalue weighted by atomic mass is 9.70. The standard InChI is InChI=1S/C73H47N3O2/c1-5-21-48(22-6-1)74(49-23-7-2-8-24-49)52-40-43-68-60(45-52)57-42-39-54(47-70(57)77-68)76(66-37-20-36-65-71(66)59-31-15-18-35-64(59)73(65)62-33-16-13-29-55(62)56-30-14-17-34-63(56)73)67-38-19-32-58-61-46-53(41-44-69(61)78-72(58)67)75(50-25-9-3-10-26-50)51-27-11-4-12-28-51/h1-47H. The Kier molecular flexibility index (Phi) is 9.78. The summed E-state index contributed by atoms with van der Waals surface area (Å²) in [6.07, 6.45) is 0. The number of hydrogen-bond acceptors (Lipinski definition) is 5. The van der Waals surface area contributed by atoms with E-state index in [1.54, 1.807) is 0 Å². The van der Waals surface area contributed by atoms with E-state index < -0.39 is 5.41 Å². The summed E-state index contributed by atoms with van der Waals surface area (Å²) in [5.41, 5.74) is 22.1. The number of rotatable bonds is 9. The number of nitrogens with zero attached hydrogens (tertiary/aromatic N) is 3. The molecule has 5 nitrogen and oxygen atoms in total. The number of anilines is 9. The van der Waals surface area contributed by atoms with Gasteiger partial charge in [-0.2, -0.15) is 0 Å². The van der Waals surface area contributed by atoms with E-state index in [0.29, 0.717) is 0 Å². The van der Waals surface area contributed by atoms with E-state index in [2.05, 4.69) is 300 Å². The third-order valence-electron chi connectivity index (χ3n) is 16.2. The lowest BCUT2D eigenvalue weighted by Gasteiger charge is -2.31. The van der Waals surface area contributed by atoms with Gasteiger partial charge in [-0.3, -0.25) is 0 Å². The molecule has 0 fully saturated rings. The molecule has 12 aromatic carbocycles. The molecule has 2 aliphatic carbocycles. The lowest BCUT2D eigenvalue weighted by Crippen LogP contribution is -2.26. The van der Waals surface area contributed by atoms with Crippen molar-refractivity contribution >= 4 is 95.1 Å². The molecule has 1 spiro atoms. The zero-order chi connectivity index (χ0) is 51.3. The van der Waals surface area contributed by atoms with Crippen LogP contribution in [0.1, 0.15) is 22.3 Å². The summed E-state index contributed by atoms with van der Waals surface area (Å²) in [5.74, 6) is 0. The summed E-state index contributed by atoms with van der Waals surface area (Å²) in [6.45, 7) is 0. The first-order valence-corrected chi connectivity index (χ1v) is 26.7. The largest absolute Gasteiger partial charge is 0.456 e. The lowest BCUT2D eigenvalue weighted by molar-refractivity contribution is 0.667. The summed E-state index contributed by atoms with van der Waals surface area (Å²) in [6, 6.07) is 103. The number of hydrogen-bond donors (Lipinski definition) is 0. The Labute approximate surface area is 451 Å². The van der Waals surface area contributed by atoms with Crippen LogP contribution in [0.4, 0.5) is 51.2 Å². The molecule has 2 heterocycles. The van der Waals surface area contributed by atoms with Crippen molar-refractivity contribution in [2.45, 2.75) is 5.41 Å². The molecular weight excluding hydrogens is 951 g/mol. The Morgan fingerprint density at radius 3 is 1.23 bits per heavy atom. The third-order valence-corrected chi connectivity index (χ3v) is 16.2. The molecule has 14 aromatic rings. The zero-order valence-corrected chi connectivity index (χ0v) is 42.3. The van der Waals surface area contributed by atoms with Crippen molar-refractivity contribution in [3.63, 3.8) is 0 Å². The van der Waals surface area contributed by atoms with Gasteiger partial charge in [-0.05, 0) is 148 Å². The summed E-state index contributed by atoms with van der Waals surface area (Å²) in [5, 5.41) is 4.14. The van der Waals surface area contributed by atoms with E-state index in [1.807, 2.05) is 0 Å². The maximum absolute atomic E-state index is 7.18. The first kappa shape index (κ1) is 44.0. The summed E-state index contributed by atoms with van der Waals surface area (Å²) in [4.78, 5) is 7.02. The number of fused-ring (bicyclic) bond motifs is 16. The highest BCUT2D eigenvalue weighted by Gasteiger charge is 2.52. The molecule has 0 saturated heterocycles. The van der Waals surface area contributed by atoms with Gasteiger partial charge < -0.3 is 23.5 Å². The van der Waals surface area contributed by atoms with E-state index in [1.165, 1.54) is 44.5 Å². The minimum Gasteiger partial charge on any atom is -0.456 e. The van der Waals surface area contributed by atoms with Crippen LogP contribution in [-0.4, -0.2) is 0 Å². The van der Waals surface area contributed by atoms with Gasteiger partial charge in [0.2, 0.25) is 0 Å². The number of para-hydroxylation sites is 5. The Balaban J connectivity index is 0.926. The molecule has 366 valence electrons. The minimum atomic E-state index is -0.528. The maximum atomic E-state index is 7.18. The fraction of sp³-hybridized carbons (Fsp3) is 0.0137. The van der Waals surface area contributed by atoms with E-state index in [-0.39, 0.29) is 0 Å². The predicted octanol–water partition coefficient (Wildman–Crippen LogP) is 20.2. The highest BCUT2D eigenvalue weighted by Crippen LogP contribution is 2.65. The fourth-order valence-electron chi connectivity index (χ4n) is 13.0. The van der Waals surface area contributed by atoms with Gasteiger partial charge in [0.25, 0.3) is 0 Å². The van der Waals surface area contributed by atoms with Crippen LogP contribution in [0.3, 0.4) is 0 Å². The molecule has 0 amide bonds. The average Bonchev–Trinajstić information content (AvgIpc) is 4.36. The third kappa shape index (κ3) is 6.49. The average molecular weight is 998 g/mol. The molecular formula is C73H47N3O2. The predicted molar refractivity (Wildman–Crippen MR) is 321 cm³/mol. The quantitative estimate of drug-likeness (QED) is 0.144. The van der Waals surface area contributed by atoms with Crippen LogP contribution in [0.15, 0.2) is 294 Å². The van der Waals surface area contributed by atoms with Crippen LogP contribution in [-0.2, 0) is 5.41 Å². The highest BCUT2D eigenvalue weighted by atomic mass is 16.3. The Morgan fingerprint density at radius 1 is 0.244 bits per heavy atom. The molecule has 0 saturated carbocycles. The molecule has 0 unspecified atom stereocenters. The SMILES string of the molecule is c1ccc(N(c2ccccc2)c2ccc3oc4cc(N(c5cccc6c5-c5ccccc5C65c6ccccc6-c6ccccc65)c5cccc6c5oc5ccc(N(c7ccccc7)c7ccccc7)cc56)ccc4c3c2)cc1. The van der Waals surface area contributed by atoms with Crippen molar-refractivity contribution in [3.8, 4) is 22.3 Å². The van der Waals surface area contributed by atoms with Crippen molar-refractivity contribution in [1.82, 2.24) is 0 Å². The van der Waals surface area contributed by atoms with E-state index >= 15 is 0 Å². The van der Waals surface area contributed by atoms with Crippen LogP contribution >= 0.6 is 0 Å². The molecule has 5 heteroatoms.